The molecule has 2 heterocycles. The van der Waals surface area contributed by atoms with Crippen LogP contribution in [0.5, 0.6) is 11.5 Å². The first-order valence-electron chi connectivity index (χ1n) is 9.73. The molecule has 1 atom stereocenters. The van der Waals surface area contributed by atoms with Crippen molar-refractivity contribution in [2.24, 2.45) is 0 Å². The van der Waals surface area contributed by atoms with Crippen molar-refractivity contribution in [1.82, 2.24) is 4.90 Å². The molecule has 3 aromatic rings. The van der Waals surface area contributed by atoms with Crippen LogP contribution < -0.4 is 9.47 Å². The zero-order chi connectivity index (χ0) is 22.7. The maximum Gasteiger partial charge on any atom is 0.379 e. The third-order valence-electron chi connectivity index (χ3n) is 4.90. The molecule has 1 saturated heterocycles. The van der Waals surface area contributed by atoms with Crippen LogP contribution in [-0.4, -0.2) is 28.2 Å². The van der Waals surface area contributed by atoms with Gasteiger partial charge in [0.05, 0.1) is 24.3 Å². The molecule has 0 aliphatic carbocycles. The van der Waals surface area contributed by atoms with E-state index in [0.29, 0.717) is 20.5 Å². The van der Waals surface area contributed by atoms with E-state index in [0.717, 1.165) is 5.56 Å². The highest BCUT2D eigenvalue weighted by atomic mass is 32.2. The summed E-state index contributed by atoms with van der Waals surface area (Å²) in [6, 6.07) is 17.7. The highest BCUT2D eigenvalue weighted by molar-refractivity contribution is 8.26. The van der Waals surface area contributed by atoms with Crippen LogP contribution in [0, 0.1) is 0 Å². The van der Waals surface area contributed by atoms with Gasteiger partial charge in [0.25, 0.3) is 5.91 Å². The molecule has 0 bridgehead atoms. The molecule has 2 aromatic carbocycles. The Bertz CT molecular complexity index is 1190. The lowest BCUT2D eigenvalue weighted by molar-refractivity contribution is -0.123. The fourth-order valence-electron chi connectivity index (χ4n) is 3.25. The number of ether oxygens (including phenoxy) is 2. The largest absolute Gasteiger partial charge is 0.493 e. The molecule has 0 radical (unpaired) electrons. The smallest absolute Gasteiger partial charge is 0.379 e. The average molecular weight is 466 g/mol. The van der Waals surface area contributed by atoms with Gasteiger partial charge in [-0.05, 0) is 48.4 Å². The Hall–Kier alpha value is -3.36. The van der Waals surface area contributed by atoms with E-state index >= 15 is 0 Å². The Morgan fingerprint density at radius 3 is 2.59 bits per heavy atom. The van der Waals surface area contributed by atoms with Crippen LogP contribution >= 0.6 is 24.0 Å². The SMILES string of the molecule is COc1cc(/C=C2/SC(=S)N([C@@H](C)c3ccccc3)C2=O)ccc1OC(=O)c1ccco1. The fourth-order valence-corrected chi connectivity index (χ4v) is 4.67. The Morgan fingerprint density at radius 1 is 1.12 bits per heavy atom. The predicted molar refractivity (Wildman–Crippen MR) is 127 cm³/mol. The van der Waals surface area contributed by atoms with Gasteiger partial charge >= 0.3 is 5.97 Å². The lowest BCUT2D eigenvalue weighted by Crippen LogP contribution is -2.30. The second kappa shape index (κ2) is 9.42. The van der Waals surface area contributed by atoms with Crippen LogP contribution in [0.15, 0.2) is 76.2 Å². The standard InChI is InChI=1S/C24H19NO5S2/c1-15(17-7-4-3-5-8-17)25-22(26)21(32-24(25)31)14-16-10-11-18(20(13-16)28-2)30-23(27)19-9-6-12-29-19/h3-15H,1-2H3/b21-14+/t15-/m0/s1. The minimum Gasteiger partial charge on any atom is -0.493 e. The summed E-state index contributed by atoms with van der Waals surface area (Å²) in [5.41, 5.74) is 1.72. The number of benzene rings is 2. The van der Waals surface area contributed by atoms with Gasteiger partial charge in [-0.3, -0.25) is 9.69 Å². The molecule has 4 rings (SSSR count). The first kappa shape index (κ1) is 21.9. The van der Waals surface area contributed by atoms with Crippen LogP contribution in [0.1, 0.15) is 34.6 Å². The highest BCUT2D eigenvalue weighted by Crippen LogP contribution is 2.39. The second-order valence-corrected chi connectivity index (χ2v) is 8.59. The molecule has 6 nitrogen and oxygen atoms in total. The van der Waals surface area contributed by atoms with Crippen molar-refractivity contribution in [3.05, 3.63) is 88.7 Å². The number of thiocarbonyl (C=S) groups is 1. The summed E-state index contributed by atoms with van der Waals surface area (Å²) in [6.45, 7) is 1.95. The number of methoxy groups -OCH3 is 1. The van der Waals surface area contributed by atoms with Gasteiger partial charge in [0, 0.05) is 0 Å². The summed E-state index contributed by atoms with van der Waals surface area (Å²) in [5, 5.41) is 0. The molecule has 0 N–H and O–H groups in total. The predicted octanol–water partition coefficient (Wildman–Crippen LogP) is 5.47. The van der Waals surface area contributed by atoms with Crippen LogP contribution in [-0.2, 0) is 4.79 Å². The highest BCUT2D eigenvalue weighted by Gasteiger charge is 2.35. The molecular weight excluding hydrogens is 446 g/mol. The van der Waals surface area contributed by atoms with Crippen LogP contribution in [0.25, 0.3) is 6.08 Å². The number of rotatable bonds is 6. The number of nitrogens with zero attached hydrogens (tertiary/aromatic N) is 1. The number of hydrogen-bond acceptors (Lipinski definition) is 7. The summed E-state index contributed by atoms with van der Waals surface area (Å²) in [7, 11) is 1.48. The molecule has 0 unspecified atom stereocenters. The quantitative estimate of drug-likeness (QED) is 0.207. The maximum absolute atomic E-state index is 13.1. The molecule has 32 heavy (non-hydrogen) atoms. The molecular formula is C24H19NO5S2. The van der Waals surface area contributed by atoms with Crippen molar-refractivity contribution in [2.45, 2.75) is 13.0 Å². The van der Waals surface area contributed by atoms with Gasteiger partial charge in [-0.1, -0.05) is 60.4 Å². The lowest BCUT2D eigenvalue weighted by atomic mass is 10.1. The van der Waals surface area contributed by atoms with Crippen LogP contribution in [0.3, 0.4) is 0 Å². The molecule has 1 amide bonds. The molecule has 1 aromatic heterocycles. The zero-order valence-corrected chi connectivity index (χ0v) is 18.9. The van der Waals surface area contributed by atoms with E-state index in [9.17, 15) is 9.59 Å². The van der Waals surface area contributed by atoms with Crippen molar-refractivity contribution in [2.75, 3.05) is 7.11 Å². The molecule has 1 aliphatic heterocycles. The normalized spacial score (nSPS) is 15.8. The van der Waals surface area contributed by atoms with E-state index in [-0.39, 0.29) is 23.5 Å². The topological polar surface area (TPSA) is 69.0 Å². The Labute approximate surface area is 194 Å². The Kier molecular flexibility index (Phi) is 6.43. The van der Waals surface area contributed by atoms with Crippen LogP contribution in [0.2, 0.25) is 0 Å². The van der Waals surface area contributed by atoms with E-state index in [1.165, 1.54) is 31.2 Å². The molecule has 1 aliphatic rings. The average Bonchev–Trinajstić information content (AvgIpc) is 3.43. The second-order valence-electron chi connectivity index (χ2n) is 6.92. The van der Waals surface area contributed by atoms with Gasteiger partial charge in [0.1, 0.15) is 4.32 Å². The van der Waals surface area contributed by atoms with E-state index in [2.05, 4.69) is 0 Å². The van der Waals surface area contributed by atoms with E-state index in [4.69, 9.17) is 26.1 Å². The van der Waals surface area contributed by atoms with Crippen molar-refractivity contribution >= 4 is 46.3 Å². The minimum absolute atomic E-state index is 0.0901. The molecule has 0 spiro atoms. The van der Waals surface area contributed by atoms with Gasteiger partial charge in [0.15, 0.2) is 11.5 Å². The number of furan rings is 1. The van der Waals surface area contributed by atoms with Crippen molar-refractivity contribution in [1.29, 1.82) is 0 Å². The summed E-state index contributed by atoms with van der Waals surface area (Å²) >= 11 is 6.74. The fraction of sp³-hybridized carbons (Fsp3) is 0.125. The number of amides is 1. The maximum atomic E-state index is 13.1. The summed E-state index contributed by atoms with van der Waals surface area (Å²) in [5.74, 6) is -0.0871. The first-order valence-corrected chi connectivity index (χ1v) is 11.0. The Morgan fingerprint density at radius 2 is 1.91 bits per heavy atom. The number of carbonyl (C=O) groups is 2. The van der Waals surface area contributed by atoms with Gasteiger partial charge < -0.3 is 13.9 Å². The lowest BCUT2D eigenvalue weighted by Gasteiger charge is -2.23. The Balaban J connectivity index is 1.55. The van der Waals surface area contributed by atoms with Gasteiger partial charge in [-0.15, -0.1) is 0 Å². The number of carbonyl (C=O) groups excluding carboxylic acids is 2. The van der Waals surface area contributed by atoms with E-state index in [1.807, 2.05) is 37.3 Å². The third kappa shape index (κ3) is 4.46. The minimum atomic E-state index is -0.628. The van der Waals surface area contributed by atoms with Crippen LogP contribution in [0.4, 0.5) is 0 Å². The molecule has 0 saturated carbocycles. The monoisotopic (exact) mass is 465 g/mol. The van der Waals surface area contributed by atoms with Gasteiger partial charge in [-0.2, -0.15) is 0 Å². The molecule has 1 fully saturated rings. The molecule has 8 heteroatoms. The zero-order valence-electron chi connectivity index (χ0n) is 17.3. The first-order chi connectivity index (χ1) is 15.5. The molecule has 162 valence electrons. The van der Waals surface area contributed by atoms with Crippen molar-refractivity contribution < 1.29 is 23.5 Å². The van der Waals surface area contributed by atoms with Gasteiger partial charge in [-0.25, -0.2) is 4.79 Å². The third-order valence-corrected chi connectivity index (χ3v) is 6.23. The van der Waals surface area contributed by atoms with Gasteiger partial charge in [0.2, 0.25) is 5.76 Å². The van der Waals surface area contributed by atoms with E-state index < -0.39 is 5.97 Å². The number of hydrogen-bond donors (Lipinski definition) is 0. The summed E-state index contributed by atoms with van der Waals surface area (Å²) in [6.07, 6.45) is 3.14. The number of esters is 1. The van der Waals surface area contributed by atoms with Crippen molar-refractivity contribution in [3.8, 4) is 11.5 Å². The number of thioether (sulfide) groups is 1. The van der Waals surface area contributed by atoms with E-state index in [1.54, 1.807) is 35.2 Å². The summed E-state index contributed by atoms with van der Waals surface area (Å²) in [4.78, 5) is 27.4. The van der Waals surface area contributed by atoms with Crippen molar-refractivity contribution in [3.63, 3.8) is 0 Å². The summed E-state index contributed by atoms with van der Waals surface area (Å²) < 4.78 is 16.3.